The van der Waals surface area contributed by atoms with Gasteiger partial charge in [-0.1, -0.05) is 27.7 Å². The van der Waals surface area contributed by atoms with Gasteiger partial charge in [0.25, 0.3) is 0 Å². The average molecular weight is 176 g/mol. The standard InChI is InChI=1S/C9H17FS/c1-6(2)9(4,5)8(10)7(3)11/h6,11H,1-5H3/b8-7-. The summed E-state index contributed by atoms with van der Waals surface area (Å²) < 4.78 is 13.4. The molecule has 0 aromatic heterocycles. The Morgan fingerprint density at radius 3 is 1.82 bits per heavy atom. The first-order valence-electron chi connectivity index (χ1n) is 3.86. The zero-order valence-electron chi connectivity index (χ0n) is 7.90. The van der Waals surface area contributed by atoms with E-state index in [9.17, 15) is 4.39 Å². The van der Waals surface area contributed by atoms with Gasteiger partial charge >= 0.3 is 0 Å². The van der Waals surface area contributed by atoms with Gasteiger partial charge in [0.05, 0.1) is 0 Å². The molecule has 0 aromatic rings. The predicted octanol–water partition coefficient (Wildman–Crippen LogP) is 3.80. The van der Waals surface area contributed by atoms with Crippen LogP contribution in [-0.2, 0) is 0 Å². The summed E-state index contributed by atoms with van der Waals surface area (Å²) in [6.07, 6.45) is 0. The van der Waals surface area contributed by atoms with Gasteiger partial charge in [0.2, 0.25) is 0 Å². The Bertz CT molecular complexity index is 164. The maximum absolute atomic E-state index is 13.4. The molecular weight excluding hydrogens is 159 g/mol. The summed E-state index contributed by atoms with van der Waals surface area (Å²) in [5.74, 6) is 0.195. The van der Waals surface area contributed by atoms with Gasteiger partial charge in [-0.3, -0.25) is 0 Å². The average Bonchev–Trinajstić information content (AvgIpc) is 1.85. The van der Waals surface area contributed by atoms with E-state index in [2.05, 4.69) is 12.6 Å². The van der Waals surface area contributed by atoms with Crippen molar-refractivity contribution in [2.24, 2.45) is 11.3 Å². The molecule has 0 atom stereocenters. The molecule has 0 heterocycles. The van der Waals surface area contributed by atoms with Crippen LogP contribution in [0.4, 0.5) is 4.39 Å². The normalized spacial score (nSPS) is 15.3. The number of hydrogen-bond acceptors (Lipinski definition) is 1. The quantitative estimate of drug-likeness (QED) is 0.608. The van der Waals surface area contributed by atoms with Crippen molar-refractivity contribution in [3.05, 3.63) is 10.7 Å². The molecule has 0 aromatic carbocycles. The number of allylic oxidation sites excluding steroid dienone is 2. The van der Waals surface area contributed by atoms with Crippen LogP contribution < -0.4 is 0 Å². The molecular formula is C9H17FS. The maximum atomic E-state index is 13.4. The fraction of sp³-hybridized carbons (Fsp3) is 0.778. The van der Waals surface area contributed by atoms with E-state index in [4.69, 9.17) is 0 Å². The van der Waals surface area contributed by atoms with E-state index in [0.717, 1.165) is 0 Å². The topological polar surface area (TPSA) is 0 Å². The number of halogens is 1. The number of thiol groups is 1. The molecule has 0 aliphatic rings. The van der Waals surface area contributed by atoms with Gasteiger partial charge in [-0.15, -0.1) is 12.6 Å². The largest absolute Gasteiger partial charge is 0.210 e. The Balaban J connectivity index is 4.70. The van der Waals surface area contributed by atoms with E-state index in [1.54, 1.807) is 6.92 Å². The summed E-state index contributed by atoms with van der Waals surface area (Å²) in [6.45, 7) is 9.49. The Hall–Kier alpha value is 0.0200. The molecule has 2 heteroatoms. The van der Waals surface area contributed by atoms with Crippen LogP contribution in [0.2, 0.25) is 0 Å². The first-order valence-corrected chi connectivity index (χ1v) is 4.30. The van der Waals surface area contributed by atoms with E-state index in [-0.39, 0.29) is 11.2 Å². The first kappa shape index (κ1) is 11.0. The summed E-state index contributed by atoms with van der Waals surface area (Å²) in [4.78, 5) is 0.490. The molecule has 0 aliphatic heterocycles. The minimum atomic E-state index is -0.383. The lowest BCUT2D eigenvalue weighted by atomic mass is 9.80. The van der Waals surface area contributed by atoms with Crippen LogP contribution in [0, 0.1) is 11.3 Å². The molecule has 0 bridgehead atoms. The molecule has 0 saturated heterocycles. The summed E-state index contributed by atoms with van der Waals surface area (Å²) >= 11 is 3.99. The van der Waals surface area contributed by atoms with Crippen molar-refractivity contribution in [2.75, 3.05) is 0 Å². The minimum absolute atomic E-state index is 0.101. The summed E-state index contributed by atoms with van der Waals surface area (Å²) in [7, 11) is 0. The van der Waals surface area contributed by atoms with Gasteiger partial charge in [-0.25, -0.2) is 4.39 Å². The lowest BCUT2D eigenvalue weighted by molar-refractivity contribution is 0.251. The second-order valence-corrected chi connectivity index (χ2v) is 4.45. The fourth-order valence-corrected chi connectivity index (χ4v) is 1.01. The van der Waals surface area contributed by atoms with Crippen LogP contribution in [0.15, 0.2) is 10.7 Å². The van der Waals surface area contributed by atoms with Gasteiger partial charge in [-0.05, 0) is 12.8 Å². The van der Waals surface area contributed by atoms with Crippen LogP contribution in [0.3, 0.4) is 0 Å². The highest BCUT2D eigenvalue weighted by Crippen LogP contribution is 2.37. The highest BCUT2D eigenvalue weighted by Gasteiger charge is 2.28. The second kappa shape index (κ2) is 3.61. The van der Waals surface area contributed by atoms with Gasteiger partial charge in [-0.2, -0.15) is 0 Å². The third-order valence-electron chi connectivity index (χ3n) is 2.33. The molecule has 11 heavy (non-hydrogen) atoms. The molecule has 0 spiro atoms. The van der Waals surface area contributed by atoms with Gasteiger partial charge < -0.3 is 0 Å². The van der Waals surface area contributed by atoms with Gasteiger partial charge in [0, 0.05) is 10.3 Å². The molecule has 0 saturated carbocycles. The zero-order valence-corrected chi connectivity index (χ0v) is 8.80. The van der Waals surface area contributed by atoms with Crippen molar-refractivity contribution in [2.45, 2.75) is 34.6 Å². The van der Waals surface area contributed by atoms with Crippen LogP contribution in [0.1, 0.15) is 34.6 Å². The highest BCUT2D eigenvalue weighted by atomic mass is 32.1. The Morgan fingerprint density at radius 2 is 1.73 bits per heavy atom. The molecule has 0 amide bonds. The van der Waals surface area contributed by atoms with Crippen LogP contribution >= 0.6 is 12.6 Å². The van der Waals surface area contributed by atoms with Gasteiger partial charge in [0.1, 0.15) is 5.83 Å². The van der Waals surface area contributed by atoms with Gasteiger partial charge in [0.15, 0.2) is 0 Å². The predicted molar refractivity (Wildman–Crippen MR) is 51.4 cm³/mol. The Kier molecular flexibility index (Phi) is 3.62. The van der Waals surface area contributed by atoms with E-state index in [0.29, 0.717) is 10.8 Å². The number of rotatable bonds is 2. The van der Waals surface area contributed by atoms with Crippen molar-refractivity contribution in [3.8, 4) is 0 Å². The van der Waals surface area contributed by atoms with E-state index >= 15 is 0 Å². The smallest absolute Gasteiger partial charge is 0.115 e. The molecule has 0 rings (SSSR count). The summed E-state index contributed by atoms with van der Waals surface area (Å²) in [6, 6.07) is 0. The van der Waals surface area contributed by atoms with Crippen molar-refractivity contribution in [1.82, 2.24) is 0 Å². The van der Waals surface area contributed by atoms with Crippen molar-refractivity contribution >= 4 is 12.6 Å². The Labute approximate surface area is 74.3 Å². The third kappa shape index (κ3) is 2.51. The molecule has 0 N–H and O–H groups in total. The molecule has 66 valence electrons. The van der Waals surface area contributed by atoms with Crippen molar-refractivity contribution in [3.63, 3.8) is 0 Å². The monoisotopic (exact) mass is 176 g/mol. The van der Waals surface area contributed by atoms with Crippen LogP contribution in [0.5, 0.6) is 0 Å². The lowest BCUT2D eigenvalue weighted by Gasteiger charge is -2.27. The van der Waals surface area contributed by atoms with E-state index < -0.39 is 0 Å². The second-order valence-electron chi connectivity index (χ2n) is 3.78. The number of hydrogen-bond donors (Lipinski definition) is 1. The van der Waals surface area contributed by atoms with Crippen LogP contribution in [0.25, 0.3) is 0 Å². The third-order valence-corrected chi connectivity index (χ3v) is 2.52. The van der Waals surface area contributed by atoms with E-state index in [1.165, 1.54) is 0 Å². The van der Waals surface area contributed by atoms with E-state index in [1.807, 2.05) is 27.7 Å². The fourth-order valence-electron chi connectivity index (χ4n) is 0.720. The molecule has 0 radical (unpaired) electrons. The van der Waals surface area contributed by atoms with Crippen molar-refractivity contribution in [1.29, 1.82) is 0 Å². The summed E-state index contributed by atoms with van der Waals surface area (Å²) in [5.41, 5.74) is -0.383. The molecule has 0 fully saturated rings. The lowest BCUT2D eigenvalue weighted by Crippen LogP contribution is -2.20. The SMILES string of the molecule is C/C(S)=C(/F)C(C)(C)C(C)C. The first-order chi connectivity index (χ1) is 4.80. The Morgan fingerprint density at radius 1 is 1.36 bits per heavy atom. The van der Waals surface area contributed by atoms with Crippen molar-refractivity contribution < 1.29 is 4.39 Å². The molecule has 0 nitrogen and oxygen atoms in total. The maximum Gasteiger partial charge on any atom is 0.115 e. The highest BCUT2D eigenvalue weighted by molar-refractivity contribution is 7.84. The van der Waals surface area contributed by atoms with Crippen LogP contribution in [-0.4, -0.2) is 0 Å². The zero-order chi connectivity index (χ0) is 9.23. The molecule has 0 aliphatic carbocycles. The summed E-state index contributed by atoms with van der Waals surface area (Å²) in [5, 5.41) is 0. The minimum Gasteiger partial charge on any atom is -0.210 e. The molecule has 0 unspecified atom stereocenters.